The molecule has 0 N–H and O–H groups in total. The lowest BCUT2D eigenvalue weighted by atomic mass is 10.3. The summed E-state index contributed by atoms with van der Waals surface area (Å²) in [6.07, 6.45) is 1.07. The molecule has 0 atom stereocenters. The lowest BCUT2D eigenvalue weighted by molar-refractivity contribution is -0.139. The molecule has 0 spiro atoms. The van der Waals surface area contributed by atoms with E-state index in [9.17, 15) is 9.59 Å². The van der Waals surface area contributed by atoms with Crippen molar-refractivity contribution in [3.05, 3.63) is 0 Å². The van der Waals surface area contributed by atoms with Crippen molar-refractivity contribution in [2.75, 3.05) is 33.1 Å². The van der Waals surface area contributed by atoms with Crippen molar-refractivity contribution in [1.82, 2.24) is 9.80 Å². The molecule has 5 heteroatoms. The van der Waals surface area contributed by atoms with Gasteiger partial charge in [-0.1, -0.05) is 0 Å². The number of nitrogens with zero attached hydrogens (tertiary/aromatic N) is 2. The molecule has 0 radical (unpaired) electrons. The van der Waals surface area contributed by atoms with Crippen LogP contribution in [0.4, 0.5) is 0 Å². The molecule has 0 unspecified atom stereocenters. The molecule has 4 nitrogen and oxygen atoms in total. The number of hydrogen-bond acceptors (Lipinski definition) is 2. The molecule has 0 aliphatic heterocycles. The fraction of sp³-hybridized carbons (Fsp3) is 0.800. The molecule has 0 bridgehead atoms. The van der Waals surface area contributed by atoms with Gasteiger partial charge in [-0.2, -0.15) is 0 Å². The molecule has 2 amide bonds. The minimum atomic E-state index is -0.0592. The first kappa shape index (κ1) is 14.2. The van der Waals surface area contributed by atoms with Gasteiger partial charge >= 0.3 is 0 Å². The van der Waals surface area contributed by atoms with Crippen LogP contribution in [-0.2, 0) is 9.59 Å². The Labute approximate surface area is 96.2 Å². The highest BCUT2D eigenvalue weighted by Gasteiger charge is 2.15. The van der Waals surface area contributed by atoms with Gasteiger partial charge in [0.25, 0.3) is 0 Å². The Morgan fingerprint density at radius 1 is 1.20 bits per heavy atom. The van der Waals surface area contributed by atoms with Crippen molar-refractivity contribution in [3.8, 4) is 0 Å². The standard InChI is InChI=1S/C10H19ClN2O2/c1-4-13(8-10(15)12(2)3)9(14)6-5-7-11/h4-8H2,1-3H3. The molecular weight excluding hydrogens is 216 g/mol. The van der Waals surface area contributed by atoms with Gasteiger partial charge in [0.2, 0.25) is 11.8 Å². The highest BCUT2D eigenvalue weighted by atomic mass is 35.5. The van der Waals surface area contributed by atoms with E-state index in [-0.39, 0.29) is 18.4 Å². The van der Waals surface area contributed by atoms with Gasteiger partial charge in [-0.15, -0.1) is 11.6 Å². The van der Waals surface area contributed by atoms with E-state index in [0.717, 1.165) is 0 Å². The van der Waals surface area contributed by atoms with Crippen LogP contribution in [0.5, 0.6) is 0 Å². The maximum atomic E-state index is 11.6. The van der Waals surface area contributed by atoms with Gasteiger partial charge in [0.15, 0.2) is 0 Å². The molecule has 0 aliphatic rings. The quantitative estimate of drug-likeness (QED) is 0.642. The molecule has 15 heavy (non-hydrogen) atoms. The zero-order chi connectivity index (χ0) is 11.8. The first-order valence-electron chi connectivity index (χ1n) is 5.06. The zero-order valence-corrected chi connectivity index (χ0v) is 10.4. The fourth-order valence-electron chi connectivity index (χ4n) is 1.06. The number of amides is 2. The minimum Gasteiger partial charge on any atom is -0.347 e. The number of likely N-dealkylation sites (N-methyl/N-ethyl adjacent to an activating group) is 2. The van der Waals surface area contributed by atoms with Crippen molar-refractivity contribution in [2.24, 2.45) is 0 Å². The van der Waals surface area contributed by atoms with E-state index in [0.29, 0.717) is 25.3 Å². The van der Waals surface area contributed by atoms with E-state index >= 15 is 0 Å². The van der Waals surface area contributed by atoms with Crippen LogP contribution >= 0.6 is 11.6 Å². The Morgan fingerprint density at radius 3 is 2.20 bits per heavy atom. The molecular formula is C10H19ClN2O2. The van der Waals surface area contributed by atoms with Gasteiger partial charge in [0, 0.05) is 32.9 Å². The van der Waals surface area contributed by atoms with Crippen molar-refractivity contribution in [3.63, 3.8) is 0 Å². The third-order valence-corrected chi connectivity index (χ3v) is 2.35. The maximum absolute atomic E-state index is 11.6. The Bertz CT molecular complexity index is 219. The number of hydrogen-bond donors (Lipinski definition) is 0. The Morgan fingerprint density at radius 2 is 1.80 bits per heavy atom. The van der Waals surface area contributed by atoms with Crippen molar-refractivity contribution < 1.29 is 9.59 Å². The number of rotatable bonds is 6. The molecule has 0 aromatic heterocycles. The van der Waals surface area contributed by atoms with Crippen LogP contribution in [0.1, 0.15) is 19.8 Å². The monoisotopic (exact) mass is 234 g/mol. The van der Waals surface area contributed by atoms with Crippen molar-refractivity contribution in [1.29, 1.82) is 0 Å². The first-order chi connectivity index (χ1) is 7.02. The third kappa shape index (κ3) is 5.62. The summed E-state index contributed by atoms with van der Waals surface area (Å²) in [7, 11) is 3.36. The molecule has 0 saturated carbocycles. The van der Waals surface area contributed by atoms with Crippen molar-refractivity contribution >= 4 is 23.4 Å². The zero-order valence-electron chi connectivity index (χ0n) is 9.62. The summed E-state index contributed by atoms with van der Waals surface area (Å²) >= 11 is 5.50. The molecule has 0 rings (SSSR count). The Hall–Kier alpha value is -0.770. The summed E-state index contributed by atoms with van der Waals surface area (Å²) in [5, 5.41) is 0. The molecule has 0 aliphatic carbocycles. The predicted octanol–water partition coefficient (Wildman–Crippen LogP) is 0.942. The highest BCUT2D eigenvalue weighted by Crippen LogP contribution is 2.00. The summed E-state index contributed by atoms with van der Waals surface area (Å²) < 4.78 is 0. The second-order valence-corrected chi connectivity index (χ2v) is 3.87. The fourth-order valence-corrected chi connectivity index (χ4v) is 1.19. The average molecular weight is 235 g/mol. The summed E-state index contributed by atoms with van der Waals surface area (Å²) in [5.74, 6) is 0.412. The number of alkyl halides is 1. The number of carbonyl (C=O) groups excluding carboxylic acids is 2. The van der Waals surface area contributed by atoms with Crippen LogP contribution in [0.15, 0.2) is 0 Å². The normalized spacial score (nSPS) is 9.87. The summed E-state index contributed by atoms with van der Waals surface area (Å²) in [6, 6.07) is 0. The predicted molar refractivity (Wildman–Crippen MR) is 60.9 cm³/mol. The molecule has 0 fully saturated rings. The van der Waals surface area contributed by atoms with Crippen LogP contribution in [0.25, 0.3) is 0 Å². The topological polar surface area (TPSA) is 40.6 Å². The van der Waals surface area contributed by atoms with Gasteiger partial charge in [-0.05, 0) is 13.3 Å². The van der Waals surface area contributed by atoms with Crippen LogP contribution in [0.2, 0.25) is 0 Å². The van der Waals surface area contributed by atoms with E-state index in [1.165, 1.54) is 4.90 Å². The van der Waals surface area contributed by atoms with Gasteiger partial charge in [-0.3, -0.25) is 9.59 Å². The van der Waals surface area contributed by atoms with E-state index in [1.54, 1.807) is 19.0 Å². The van der Waals surface area contributed by atoms with Gasteiger partial charge in [-0.25, -0.2) is 0 Å². The van der Waals surface area contributed by atoms with E-state index in [2.05, 4.69) is 0 Å². The van der Waals surface area contributed by atoms with Crippen LogP contribution < -0.4 is 0 Å². The summed E-state index contributed by atoms with van der Waals surface area (Å²) in [4.78, 5) is 26.0. The minimum absolute atomic E-state index is 0.00616. The Kier molecular flexibility index (Phi) is 7.13. The third-order valence-electron chi connectivity index (χ3n) is 2.08. The second kappa shape index (κ2) is 7.51. The number of halogens is 1. The van der Waals surface area contributed by atoms with Crippen molar-refractivity contribution in [2.45, 2.75) is 19.8 Å². The first-order valence-corrected chi connectivity index (χ1v) is 5.60. The SMILES string of the molecule is CCN(CC(=O)N(C)C)C(=O)CCCCl. The molecule has 0 aromatic rings. The molecule has 0 aromatic carbocycles. The number of carbonyl (C=O) groups is 2. The van der Waals surface area contributed by atoms with Crippen LogP contribution in [-0.4, -0.2) is 54.7 Å². The smallest absolute Gasteiger partial charge is 0.241 e. The van der Waals surface area contributed by atoms with Gasteiger partial charge in [0.05, 0.1) is 6.54 Å². The summed E-state index contributed by atoms with van der Waals surface area (Å²) in [5.41, 5.74) is 0. The highest BCUT2D eigenvalue weighted by molar-refractivity contribution is 6.17. The lowest BCUT2D eigenvalue weighted by Gasteiger charge is -2.22. The van der Waals surface area contributed by atoms with E-state index < -0.39 is 0 Å². The lowest BCUT2D eigenvalue weighted by Crippen LogP contribution is -2.40. The van der Waals surface area contributed by atoms with Crippen LogP contribution in [0, 0.1) is 0 Å². The van der Waals surface area contributed by atoms with Gasteiger partial charge in [0.1, 0.15) is 0 Å². The second-order valence-electron chi connectivity index (χ2n) is 3.49. The van der Waals surface area contributed by atoms with E-state index in [4.69, 9.17) is 11.6 Å². The van der Waals surface area contributed by atoms with Crippen LogP contribution in [0.3, 0.4) is 0 Å². The van der Waals surface area contributed by atoms with Gasteiger partial charge < -0.3 is 9.80 Å². The van der Waals surface area contributed by atoms with E-state index in [1.807, 2.05) is 6.92 Å². The summed E-state index contributed by atoms with van der Waals surface area (Å²) in [6.45, 7) is 2.58. The Balaban J connectivity index is 4.12. The molecule has 88 valence electrons. The molecule has 0 saturated heterocycles. The average Bonchev–Trinajstić information content (AvgIpc) is 2.21. The molecule has 0 heterocycles. The largest absolute Gasteiger partial charge is 0.347 e. The maximum Gasteiger partial charge on any atom is 0.241 e.